The fourth-order valence-corrected chi connectivity index (χ4v) is 4.04. The molecule has 0 unspecified atom stereocenters. The van der Waals surface area contributed by atoms with Crippen LogP contribution in [0.1, 0.15) is 29.0 Å². The third-order valence-electron chi connectivity index (χ3n) is 5.53. The van der Waals surface area contributed by atoms with Crippen molar-refractivity contribution in [3.63, 3.8) is 0 Å². The SMILES string of the molecule is CN1C(=O)[C@@H](NC(=O)c2ncn(Cc3ccccc3)n2)CC[C@@H]2[C@H](C(=O)O)[C@@H]21. The lowest BCUT2D eigenvalue weighted by Crippen LogP contribution is -2.47. The Labute approximate surface area is 161 Å². The smallest absolute Gasteiger partial charge is 0.308 e. The average molecular weight is 383 g/mol. The maximum absolute atomic E-state index is 12.6. The molecule has 1 aliphatic heterocycles. The van der Waals surface area contributed by atoms with E-state index in [4.69, 9.17) is 0 Å². The van der Waals surface area contributed by atoms with E-state index in [0.29, 0.717) is 19.4 Å². The Morgan fingerprint density at radius 3 is 2.71 bits per heavy atom. The maximum Gasteiger partial charge on any atom is 0.308 e. The summed E-state index contributed by atoms with van der Waals surface area (Å²) >= 11 is 0. The lowest BCUT2D eigenvalue weighted by molar-refractivity contribution is -0.140. The molecule has 9 nitrogen and oxygen atoms in total. The molecule has 28 heavy (non-hydrogen) atoms. The van der Waals surface area contributed by atoms with Gasteiger partial charge in [0.2, 0.25) is 11.7 Å². The first kappa shape index (κ1) is 18.1. The van der Waals surface area contributed by atoms with Crippen LogP contribution in [-0.2, 0) is 16.1 Å². The molecule has 1 aromatic heterocycles. The standard InChI is InChI=1S/C19H21N5O4/c1-23-15-12(14(15)19(27)28)7-8-13(18(23)26)21-17(25)16-20-10-24(22-16)9-11-5-3-2-4-6-11/h2-6,10,12-15H,7-9H2,1H3,(H,21,25)(H,27,28)/t12-,13+,14+,15-/m1/s1. The maximum atomic E-state index is 12.6. The minimum Gasteiger partial charge on any atom is -0.481 e. The number of carbonyl (C=O) groups is 3. The van der Waals surface area contributed by atoms with Gasteiger partial charge in [0.25, 0.3) is 5.91 Å². The van der Waals surface area contributed by atoms with Gasteiger partial charge in [-0.1, -0.05) is 30.3 Å². The zero-order chi connectivity index (χ0) is 19.8. The van der Waals surface area contributed by atoms with E-state index >= 15 is 0 Å². The number of hydrogen-bond acceptors (Lipinski definition) is 5. The molecule has 2 amide bonds. The summed E-state index contributed by atoms with van der Waals surface area (Å²) in [6.45, 7) is 0.492. The van der Waals surface area contributed by atoms with E-state index < -0.39 is 23.8 Å². The summed E-state index contributed by atoms with van der Waals surface area (Å²) in [5.74, 6) is -2.19. The highest BCUT2D eigenvalue weighted by atomic mass is 16.4. The highest BCUT2D eigenvalue weighted by Crippen LogP contribution is 2.48. The van der Waals surface area contributed by atoms with Crippen LogP contribution >= 0.6 is 0 Å². The molecule has 0 radical (unpaired) electrons. The fraction of sp³-hybridized carbons (Fsp3) is 0.421. The first-order valence-corrected chi connectivity index (χ1v) is 9.19. The van der Waals surface area contributed by atoms with Crippen LogP contribution in [-0.4, -0.2) is 61.7 Å². The van der Waals surface area contributed by atoms with Crippen molar-refractivity contribution in [1.29, 1.82) is 0 Å². The van der Waals surface area contributed by atoms with Crippen LogP contribution in [0.3, 0.4) is 0 Å². The van der Waals surface area contributed by atoms with E-state index in [-0.39, 0.29) is 23.7 Å². The average Bonchev–Trinajstić information content (AvgIpc) is 3.26. The van der Waals surface area contributed by atoms with Crippen LogP contribution in [0.25, 0.3) is 0 Å². The summed E-state index contributed by atoms with van der Waals surface area (Å²) in [5.41, 5.74) is 1.03. The van der Waals surface area contributed by atoms with E-state index in [1.54, 1.807) is 11.7 Å². The second kappa shape index (κ2) is 7.06. The zero-order valence-corrected chi connectivity index (χ0v) is 15.4. The van der Waals surface area contributed by atoms with Gasteiger partial charge in [-0.25, -0.2) is 9.67 Å². The van der Waals surface area contributed by atoms with Crippen molar-refractivity contribution < 1.29 is 19.5 Å². The number of amides is 2. The predicted octanol–water partition coefficient (Wildman–Crippen LogP) is 0.376. The number of aliphatic carboxylic acids is 1. The Hall–Kier alpha value is -3.23. The number of nitrogens with one attached hydrogen (secondary N) is 1. The third kappa shape index (κ3) is 3.35. The van der Waals surface area contributed by atoms with Crippen molar-refractivity contribution >= 4 is 17.8 Å². The molecule has 0 spiro atoms. The summed E-state index contributed by atoms with van der Waals surface area (Å²) in [7, 11) is 1.60. The van der Waals surface area contributed by atoms with Crippen LogP contribution in [0.15, 0.2) is 36.7 Å². The van der Waals surface area contributed by atoms with E-state index in [1.165, 1.54) is 11.2 Å². The molecule has 146 valence electrons. The molecule has 2 aliphatic rings. The van der Waals surface area contributed by atoms with Gasteiger partial charge in [0.15, 0.2) is 0 Å². The molecule has 9 heteroatoms. The van der Waals surface area contributed by atoms with Crippen molar-refractivity contribution in [2.45, 2.75) is 31.5 Å². The van der Waals surface area contributed by atoms with Gasteiger partial charge in [-0.05, 0) is 24.3 Å². The normalized spacial score (nSPS) is 26.3. The van der Waals surface area contributed by atoms with Gasteiger partial charge in [0, 0.05) is 13.1 Å². The largest absolute Gasteiger partial charge is 0.481 e. The van der Waals surface area contributed by atoms with Crippen LogP contribution in [0.5, 0.6) is 0 Å². The van der Waals surface area contributed by atoms with Gasteiger partial charge in [-0.15, -0.1) is 5.10 Å². The molecule has 2 N–H and O–H groups in total. The molecular formula is C19H21N5O4. The first-order chi connectivity index (χ1) is 13.5. The van der Waals surface area contributed by atoms with Crippen molar-refractivity contribution in [2.75, 3.05) is 7.05 Å². The van der Waals surface area contributed by atoms with Crippen LogP contribution in [0.2, 0.25) is 0 Å². The van der Waals surface area contributed by atoms with Crippen molar-refractivity contribution in [3.05, 3.63) is 48.0 Å². The minimum absolute atomic E-state index is 0.00389. The van der Waals surface area contributed by atoms with Gasteiger partial charge in [-0.3, -0.25) is 14.4 Å². The number of hydrogen-bond donors (Lipinski definition) is 2. The van der Waals surface area contributed by atoms with Gasteiger partial charge >= 0.3 is 5.97 Å². The van der Waals surface area contributed by atoms with Crippen molar-refractivity contribution in [3.8, 4) is 0 Å². The molecule has 1 saturated heterocycles. The molecule has 4 rings (SSSR count). The predicted molar refractivity (Wildman–Crippen MR) is 97.2 cm³/mol. The quantitative estimate of drug-likeness (QED) is 0.771. The first-order valence-electron chi connectivity index (χ1n) is 9.19. The fourth-order valence-electron chi connectivity index (χ4n) is 4.04. The number of nitrogens with zero attached hydrogens (tertiary/aromatic N) is 4. The summed E-state index contributed by atoms with van der Waals surface area (Å²) < 4.78 is 1.57. The van der Waals surface area contributed by atoms with Gasteiger partial charge in [-0.2, -0.15) is 0 Å². The number of benzene rings is 1. The highest BCUT2D eigenvalue weighted by molar-refractivity contribution is 5.95. The number of carboxylic acids is 1. The zero-order valence-electron chi connectivity index (χ0n) is 15.4. The number of carbonyl (C=O) groups excluding carboxylic acids is 2. The Kier molecular flexibility index (Phi) is 4.58. The van der Waals surface area contributed by atoms with Crippen LogP contribution in [0, 0.1) is 11.8 Å². The molecule has 4 atom stereocenters. The minimum atomic E-state index is -0.870. The Balaban J connectivity index is 1.39. The number of fused-ring (bicyclic) bond motifs is 1. The molecule has 1 saturated carbocycles. The molecular weight excluding hydrogens is 362 g/mol. The Bertz CT molecular complexity index is 912. The lowest BCUT2D eigenvalue weighted by Gasteiger charge is -2.22. The number of likely N-dealkylation sites (tertiary alicyclic amines) is 1. The number of rotatable bonds is 5. The summed E-state index contributed by atoms with van der Waals surface area (Å²) in [5, 5.41) is 16.1. The van der Waals surface area contributed by atoms with E-state index in [0.717, 1.165) is 5.56 Å². The Morgan fingerprint density at radius 2 is 2.00 bits per heavy atom. The van der Waals surface area contributed by atoms with Crippen molar-refractivity contribution in [2.24, 2.45) is 11.8 Å². The second-order valence-corrected chi connectivity index (χ2v) is 7.32. The van der Waals surface area contributed by atoms with E-state index in [1.807, 2.05) is 30.3 Å². The van der Waals surface area contributed by atoms with Gasteiger partial charge in [0.05, 0.1) is 12.5 Å². The topological polar surface area (TPSA) is 117 Å². The number of carboxylic acid groups (broad SMARTS) is 1. The molecule has 2 fully saturated rings. The number of likely N-dealkylation sites (N-methyl/N-ethyl adjacent to an activating group) is 1. The van der Waals surface area contributed by atoms with Gasteiger partial charge < -0.3 is 15.3 Å². The molecule has 2 heterocycles. The summed E-state index contributed by atoms with van der Waals surface area (Å²) in [6.07, 6.45) is 2.47. The van der Waals surface area contributed by atoms with E-state index in [2.05, 4.69) is 15.4 Å². The molecule has 0 bridgehead atoms. The molecule has 1 aromatic carbocycles. The molecule has 2 aromatic rings. The third-order valence-corrected chi connectivity index (χ3v) is 5.53. The highest BCUT2D eigenvalue weighted by Gasteiger charge is 2.60. The van der Waals surface area contributed by atoms with Crippen molar-refractivity contribution in [1.82, 2.24) is 25.0 Å². The number of aromatic nitrogens is 3. The Morgan fingerprint density at radius 1 is 1.25 bits per heavy atom. The molecule has 1 aliphatic carbocycles. The van der Waals surface area contributed by atoms with Crippen LogP contribution < -0.4 is 5.32 Å². The monoisotopic (exact) mass is 383 g/mol. The lowest BCUT2D eigenvalue weighted by atomic mass is 10.1. The van der Waals surface area contributed by atoms with Gasteiger partial charge in [0.1, 0.15) is 12.4 Å². The van der Waals surface area contributed by atoms with E-state index in [9.17, 15) is 19.5 Å². The second-order valence-electron chi connectivity index (χ2n) is 7.32. The van der Waals surface area contributed by atoms with Crippen LogP contribution in [0.4, 0.5) is 0 Å². The summed E-state index contributed by atoms with van der Waals surface area (Å²) in [4.78, 5) is 41.9. The summed E-state index contributed by atoms with van der Waals surface area (Å²) in [6, 6.07) is 8.71.